The number of piperidine rings is 1. The van der Waals surface area contributed by atoms with E-state index in [9.17, 15) is 4.79 Å². The van der Waals surface area contributed by atoms with E-state index in [0.717, 1.165) is 57.4 Å². The first-order valence-electron chi connectivity index (χ1n) is 11.1. The summed E-state index contributed by atoms with van der Waals surface area (Å²) in [6.45, 7) is 9.09. The quantitative estimate of drug-likeness (QED) is 0.813. The maximum absolute atomic E-state index is 12.3. The second-order valence-corrected chi connectivity index (χ2v) is 9.14. The van der Waals surface area contributed by atoms with Crippen LogP contribution in [0.3, 0.4) is 0 Å². The number of carbonyl (C=O) groups excluding carboxylic acids is 1. The van der Waals surface area contributed by atoms with Crippen LogP contribution in [0.2, 0.25) is 0 Å². The largest absolute Gasteiger partial charge is 0.343 e. The molecule has 27 heavy (non-hydrogen) atoms. The van der Waals surface area contributed by atoms with E-state index in [1.54, 1.807) is 0 Å². The molecule has 1 aromatic heterocycles. The molecule has 0 N–H and O–H groups in total. The van der Waals surface area contributed by atoms with Crippen LogP contribution in [0.25, 0.3) is 0 Å². The molecule has 0 bridgehead atoms. The third kappa shape index (κ3) is 4.20. The predicted molar refractivity (Wildman–Crippen MR) is 105 cm³/mol. The number of rotatable bonds is 4. The van der Waals surface area contributed by atoms with Crippen molar-refractivity contribution >= 4 is 5.91 Å². The number of hydrogen-bond donors (Lipinski definition) is 0. The number of fused-ring (bicyclic) bond motifs is 1. The van der Waals surface area contributed by atoms with E-state index in [1.165, 1.54) is 37.9 Å². The van der Waals surface area contributed by atoms with E-state index in [-0.39, 0.29) is 0 Å². The highest BCUT2D eigenvalue weighted by atomic mass is 16.2. The predicted octanol–water partition coefficient (Wildman–Crippen LogP) is 3.18. The van der Waals surface area contributed by atoms with Gasteiger partial charge in [-0.3, -0.25) is 9.69 Å². The molecule has 150 valence electrons. The number of aromatic nitrogens is 3. The lowest BCUT2D eigenvalue weighted by atomic mass is 9.93. The summed E-state index contributed by atoms with van der Waals surface area (Å²) < 4.78 is 2.38. The molecule has 6 heteroatoms. The fourth-order valence-electron chi connectivity index (χ4n) is 5.12. The molecule has 3 heterocycles. The lowest BCUT2D eigenvalue weighted by molar-refractivity contribution is -0.133. The summed E-state index contributed by atoms with van der Waals surface area (Å²) in [4.78, 5) is 17.0. The summed E-state index contributed by atoms with van der Waals surface area (Å²) in [6, 6.07) is 0.753. The normalized spacial score (nSPS) is 23.0. The van der Waals surface area contributed by atoms with Crippen molar-refractivity contribution < 1.29 is 4.79 Å². The van der Waals surface area contributed by atoms with Crippen molar-refractivity contribution in [3.63, 3.8) is 0 Å². The van der Waals surface area contributed by atoms with Crippen LogP contribution < -0.4 is 0 Å². The first-order chi connectivity index (χ1) is 13.1. The van der Waals surface area contributed by atoms with Crippen molar-refractivity contribution in [3.8, 4) is 0 Å². The Morgan fingerprint density at radius 2 is 1.74 bits per heavy atom. The second kappa shape index (κ2) is 8.29. The Bertz CT molecular complexity index is 641. The number of carbonyl (C=O) groups is 1. The van der Waals surface area contributed by atoms with Gasteiger partial charge >= 0.3 is 0 Å². The highest BCUT2D eigenvalue weighted by Gasteiger charge is 2.31. The second-order valence-electron chi connectivity index (χ2n) is 9.14. The van der Waals surface area contributed by atoms with Gasteiger partial charge in [0, 0.05) is 44.6 Å². The first kappa shape index (κ1) is 18.9. The number of nitrogens with zero attached hydrogens (tertiary/aromatic N) is 5. The van der Waals surface area contributed by atoms with E-state index in [4.69, 9.17) is 0 Å². The van der Waals surface area contributed by atoms with Crippen molar-refractivity contribution in [2.24, 2.45) is 5.92 Å². The Labute approximate surface area is 163 Å². The van der Waals surface area contributed by atoms with Crippen molar-refractivity contribution in [2.45, 2.75) is 90.3 Å². The van der Waals surface area contributed by atoms with Crippen LogP contribution >= 0.6 is 0 Å². The molecule has 1 aromatic rings. The van der Waals surface area contributed by atoms with Crippen LogP contribution in [-0.4, -0.2) is 56.1 Å². The van der Waals surface area contributed by atoms with Crippen LogP contribution in [0, 0.1) is 5.92 Å². The van der Waals surface area contributed by atoms with Gasteiger partial charge in [0.1, 0.15) is 11.6 Å². The molecule has 4 rings (SSSR count). The SMILES string of the molecule is CC(C)CC(=O)N1CCC(c2nnc3n2CCN(C2CCCCC2)C3)CC1. The summed E-state index contributed by atoms with van der Waals surface area (Å²) in [5.41, 5.74) is 0. The van der Waals surface area contributed by atoms with Crippen LogP contribution in [0.4, 0.5) is 0 Å². The van der Waals surface area contributed by atoms with Gasteiger partial charge in [0.25, 0.3) is 0 Å². The Balaban J connectivity index is 1.35. The van der Waals surface area contributed by atoms with Crippen molar-refractivity contribution in [2.75, 3.05) is 19.6 Å². The molecule has 1 amide bonds. The first-order valence-corrected chi connectivity index (χ1v) is 11.1. The molecule has 2 fully saturated rings. The minimum Gasteiger partial charge on any atom is -0.343 e. The summed E-state index contributed by atoms with van der Waals surface area (Å²) in [6.07, 6.45) is 9.59. The van der Waals surface area contributed by atoms with Crippen LogP contribution in [0.1, 0.15) is 82.8 Å². The van der Waals surface area contributed by atoms with Crippen LogP contribution in [-0.2, 0) is 17.9 Å². The molecule has 2 aliphatic heterocycles. The molecule has 1 saturated heterocycles. The topological polar surface area (TPSA) is 54.3 Å². The van der Waals surface area contributed by atoms with Gasteiger partial charge in [0.2, 0.25) is 5.91 Å². The Morgan fingerprint density at radius 1 is 1.00 bits per heavy atom. The Morgan fingerprint density at radius 3 is 2.44 bits per heavy atom. The van der Waals surface area contributed by atoms with Crippen molar-refractivity contribution in [1.82, 2.24) is 24.6 Å². The van der Waals surface area contributed by atoms with E-state index in [2.05, 4.69) is 38.4 Å². The zero-order valence-corrected chi connectivity index (χ0v) is 17.1. The third-order valence-electron chi connectivity index (χ3n) is 6.70. The summed E-state index contributed by atoms with van der Waals surface area (Å²) in [7, 11) is 0. The Hall–Kier alpha value is -1.43. The van der Waals surface area contributed by atoms with Gasteiger partial charge in [-0.05, 0) is 31.6 Å². The molecule has 0 atom stereocenters. The van der Waals surface area contributed by atoms with E-state index in [0.29, 0.717) is 24.2 Å². The van der Waals surface area contributed by atoms with Gasteiger partial charge in [0.05, 0.1) is 6.54 Å². The van der Waals surface area contributed by atoms with E-state index >= 15 is 0 Å². The molecule has 1 saturated carbocycles. The minimum absolute atomic E-state index is 0.315. The molecular weight excluding hydrogens is 338 g/mol. The smallest absolute Gasteiger partial charge is 0.222 e. The zero-order valence-electron chi connectivity index (χ0n) is 17.1. The lowest BCUT2D eigenvalue weighted by Gasteiger charge is -2.37. The fourth-order valence-corrected chi connectivity index (χ4v) is 5.12. The monoisotopic (exact) mass is 373 g/mol. The molecule has 6 nitrogen and oxygen atoms in total. The highest BCUT2D eigenvalue weighted by molar-refractivity contribution is 5.76. The molecular formula is C21H35N5O. The summed E-state index contributed by atoms with van der Waals surface area (Å²) in [5.74, 6) is 3.53. The molecule has 0 unspecified atom stereocenters. The fraction of sp³-hybridized carbons (Fsp3) is 0.857. The number of likely N-dealkylation sites (tertiary alicyclic amines) is 1. The number of hydrogen-bond acceptors (Lipinski definition) is 4. The molecule has 0 radical (unpaired) electrons. The standard InChI is InChI=1S/C21H35N5O/c1-16(2)14-20(27)24-10-8-17(9-11-24)21-23-22-19-15-25(12-13-26(19)21)18-6-4-3-5-7-18/h16-18H,3-15H2,1-2H3. The Kier molecular flexibility index (Phi) is 5.81. The summed E-state index contributed by atoms with van der Waals surface area (Å²) in [5, 5.41) is 9.16. The van der Waals surface area contributed by atoms with E-state index < -0.39 is 0 Å². The van der Waals surface area contributed by atoms with Crippen LogP contribution in [0.5, 0.6) is 0 Å². The van der Waals surface area contributed by atoms with Crippen LogP contribution in [0.15, 0.2) is 0 Å². The zero-order chi connectivity index (χ0) is 18.8. The maximum atomic E-state index is 12.3. The van der Waals surface area contributed by atoms with Crippen molar-refractivity contribution in [1.29, 1.82) is 0 Å². The van der Waals surface area contributed by atoms with Gasteiger partial charge in [-0.25, -0.2) is 0 Å². The van der Waals surface area contributed by atoms with Crippen molar-refractivity contribution in [3.05, 3.63) is 11.6 Å². The molecule has 1 aliphatic carbocycles. The number of amides is 1. The summed E-state index contributed by atoms with van der Waals surface area (Å²) >= 11 is 0. The molecule has 3 aliphatic rings. The minimum atomic E-state index is 0.315. The van der Waals surface area contributed by atoms with Gasteiger partial charge in [-0.2, -0.15) is 0 Å². The van der Waals surface area contributed by atoms with Gasteiger partial charge in [0.15, 0.2) is 0 Å². The van der Waals surface area contributed by atoms with Gasteiger partial charge < -0.3 is 9.47 Å². The van der Waals surface area contributed by atoms with Gasteiger partial charge in [-0.15, -0.1) is 10.2 Å². The highest BCUT2D eigenvalue weighted by Crippen LogP contribution is 2.31. The molecule has 0 aromatic carbocycles. The maximum Gasteiger partial charge on any atom is 0.222 e. The third-order valence-corrected chi connectivity index (χ3v) is 6.70. The average Bonchev–Trinajstić information content (AvgIpc) is 3.11. The van der Waals surface area contributed by atoms with E-state index in [1.807, 2.05) is 0 Å². The average molecular weight is 374 g/mol. The lowest BCUT2D eigenvalue weighted by Crippen LogP contribution is -2.43. The van der Waals surface area contributed by atoms with Gasteiger partial charge in [-0.1, -0.05) is 33.1 Å². The molecule has 0 spiro atoms.